The molecule has 0 amide bonds. The third-order valence-corrected chi connectivity index (χ3v) is 3.03. The summed E-state index contributed by atoms with van der Waals surface area (Å²) in [5.74, 6) is 0.815. The van der Waals surface area contributed by atoms with Crippen molar-refractivity contribution in [3.8, 4) is 0 Å². The van der Waals surface area contributed by atoms with E-state index in [4.69, 9.17) is 0 Å². The Bertz CT molecular complexity index is 269. The second-order valence-electron chi connectivity index (χ2n) is 4.08. The van der Waals surface area contributed by atoms with E-state index < -0.39 is 0 Å². The van der Waals surface area contributed by atoms with Crippen molar-refractivity contribution in [2.24, 2.45) is 0 Å². The molecule has 0 bridgehead atoms. The highest BCUT2D eigenvalue weighted by atomic mass is 14.2. The SMILES string of the molecule is [CH2]c1cccc(C2CCCCC2)c1. The molecule has 2 rings (SSSR count). The summed E-state index contributed by atoms with van der Waals surface area (Å²) in [6, 6.07) is 8.71. The quantitative estimate of drug-likeness (QED) is 0.604. The van der Waals surface area contributed by atoms with Gasteiger partial charge in [0.05, 0.1) is 0 Å². The molecule has 0 heterocycles. The van der Waals surface area contributed by atoms with Crippen molar-refractivity contribution in [3.05, 3.63) is 42.3 Å². The summed E-state index contributed by atoms with van der Waals surface area (Å²) in [4.78, 5) is 0. The van der Waals surface area contributed by atoms with E-state index in [1.54, 1.807) is 0 Å². The van der Waals surface area contributed by atoms with Crippen LogP contribution in [0.4, 0.5) is 0 Å². The fraction of sp³-hybridized carbons (Fsp3) is 0.462. The van der Waals surface area contributed by atoms with Crippen molar-refractivity contribution in [1.82, 2.24) is 0 Å². The van der Waals surface area contributed by atoms with E-state index in [0.717, 1.165) is 11.5 Å². The van der Waals surface area contributed by atoms with E-state index in [1.165, 1.54) is 37.7 Å². The van der Waals surface area contributed by atoms with E-state index >= 15 is 0 Å². The van der Waals surface area contributed by atoms with Gasteiger partial charge in [-0.05, 0) is 36.8 Å². The van der Waals surface area contributed by atoms with E-state index in [-0.39, 0.29) is 0 Å². The molecule has 0 N–H and O–H groups in total. The molecule has 1 aliphatic rings. The molecule has 0 atom stereocenters. The summed E-state index contributed by atoms with van der Waals surface area (Å²) in [6.45, 7) is 3.98. The van der Waals surface area contributed by atoms with E-state index in [2.05, 4.69) is 31.2 Å². The Morgan fingerprint density at radius 3 is 2.54 bits per heavy atom. The lowest BCUT2D eigenvalue weighted by Gasteiger charge is -2.22. The van der Waals surface area contributed by atoms with E-state index in [1.807, 2.05) is 0 Å². The van der Waals surface area contributed by atoms with Gasteiger partial charge in [0.15, 0.2) is 0 Å². The second kappa shape index (κ2) is 3.95. The molecule has 0 aliphatic heterocycles. The third kappa shape index (κ3) is 2.12. The predicted molar refractivity (Wildman–Crippen MR) is 56.7 cm³/mol. The van der Waals surface area contributed by atoms with Gasteiger partial charge in [0.2, 0.25) is 0 Å². The molecule has 1 fully saturated rings. The zero-order valence-electron chi connectivity index (χ0n) is 8.13. The number of rotatable bonds is 1. The molecule has 1 radical (unpaired) electrons. The van der Waals surface area contributed by atoms with Gasteiger partial charge in [-0.25, -0.2) is 0 Å². The van der Waals surface area contributed by atoms with Gasteiger partial charge in [-0.1, -0.05) is 43.5 Å². The summed E-state index contributed by atoms with van der Waals surface area (Å²) in [6.07, 6.45) is 7.01. The Kier molecular flexibility index (Phi) is 2.68. The van der Waals surface area contributed by atoms with Crippen LogP contribution in [0.3, 0.4) is 0 Å². The highest BCUT2D eigenvalue weighted by Gasteiger charge is 2.14. The highest BCUT2D eigenvalue weighted by molar-refractivity contribution is 5.28. The molecule has 1 saturated carbocycles. The van der Waals surface area contributed by atoms with Gasteiger partial charge >= 0.3 is 0 Å². The Morgan fingerprint density at radius 2 is 1.85 bits per heavy atom. The smallest absolute Gasteiger partial charge is 0.0162 e. The molecule has 0 unspecified atom stereocenters. The van der Waals surface area contributed by atoms with Gasteiger partial charge in [0, 0.05) is 0 Å². The fourth-order valence-electron chi connectivity index (χ4n) is 2.28. The highest BCUT2D eigenvalue weighted by Crippen LogP contribution is 2.32. The first-order chi connectivity index (χ1) is 6.36. The van der Waals surface area contributed by atoms with Gasteiger partial charge in [-0.2, -0.15) is 0 Å². The maximum absolute atomic E-state index is 3.98. The molecule has 1 aromatic carbocycles. The maximum atomic E-state index is 3.98. The molecule has 0 nitrogen and oxygen atoms in total. The lowest BCUT2D eigenvalue weighted by atomic mass is 9.84. The molecule has 13 heavy (non-hydrogen) atoms. The zero-order chi connectivity index (χ0) is 9.10. The topological polar surface area (TPSA) is 0 Å². The minimum atomic E-state index is 0.815. The molecule has 0 aromatic heterocycles. The lowest BCUT2D eigenvalue weighted by molar-refractivity contribution is 0.443. The summed E-state index contributed by atoms with van der Waals surface area (Å²) >= 11 is 0. The van der Waals surface area contributed by atoms with Gasteiger partial charge in [0.1, 0.15) is 0 Å². The van der Waals surface area contributed by atoms with Crippen molar-refractivity contribution in [1.29, 1.82) is 0 Å². The van der Waals surface area contributed by atoms with Crippen LogP contribution < -0.4 is 0 Å². The average molecular weight is 173 g/mol. The Labute approximate surface area is 81.0 Å². The molecule has 0 spiro atoms. The van der Waals surface area contributed by atoms with Gasteiger partial charge in [-0.15, -0.1) is 0 Å². The Hall–Kier alpha value is -0.780. The van der Waals surface area contributed by atoms with Crippen LogP contribution in [-0.2, 0) is 0 Å². The predicted octanol–water partition coefficient (Wildman–Crippen LogP) is 3.92. The van der Waals surface area contributed by atoms with Crippen LogP contribution >= 0.6 is 0 Å². The van der Waals surface area contributed by atoms with Crippen LogP contribution in [0.2, 0.25) is 0 Å². The second-order valence-corrected chi connectivity index (χ2v) is 4.08. The average Bonchev–Trinajstić information content (AvgIpc) is 2.19. The molecule has 1 aliphatic carbocycles. The summed E-state index contributed by atoms with van der Waals surface area (Å²) in [7, 11) is 0. The van der Waals surface area contributed by atoms with Gasteiger partial charge in [-0.3, -0.25) is 0 Å². The van der Waals surface area contributed by atoms with Crippen molar-refractivity contribution < 1.29 is 0 Å². The summed E-state index contributed by atoms with van der Waals surface area (Å²) in [5, 5.41) is 0. The van der Waals surface area contributed by atoms with Crippen LogP contribution in [0, 0.1) is 6.92 Å². The van der Waals surface area contributed by atoms with Crippen LogP contribution in [-0.4, -0.2) is 0 Å². The van der Waals surface area contributed by atoms with Crippen molar-refractivity contribution in [2.45, 2.75) is 38.0 Å². The normalized spacial score (nSPS) is 18.8. The molecule has 0 heteroatoms. The van der Waals surface area contributed by atoms with Crippen molar-refractivity contribution in [2.75, 3.05) is 0 Å². The molecular formula is C13H17. The summed E-state index contributed by atoms with van der Waals surface area (Å²) < 4.78 is 0. The van der Waals surface area contributed by atoms with Crippen molar-refractivity contribution in [3.63, 3.8) is 0 Å². The molecule has 0 saturated heterocycles. The standard InChI is InChI=1S/C13H17/c1-11-6-5-9-13(10-11)12-7-3-2-4-8-12/h5-6,9-10,12H,1-4,7-8H2. The van der Waals surface area contributed by atoms with Gasteiger partial charge < -0.3 is 0 Å². The molecule has 1 aromatic rings. The first-order valence-electron chi connectivity index (χ1n) is 5.28. The van der Waals surface area contributed by atoms with Crippen LogP contribution in [0.5, 0.6) is 0 Å². The van der Waals surface area contributed by atoms with Gasteiger partial charge in [0.25, 0.3) is 0 Å². The van der Waals surface area contributed by atoms with Crippen molar-refractivity contribution >= 4 is 0 Å². The Morgan fingerprint density at radius 1 is 1.08 bits per heavy atom. The summed E-state index contributed by atoms with van der Waals surface area (Å²) in [5.41, 5.74) is 2.66. The first-order valence-corrected chi connectivity index (χ1v) is 5.28. The molecular weight excluding hydrogens is 156 g/mol. The van der Waals surface area contributed by atoms with Crippen LogP contribution in [0.25, 0.3) is 0 Å². The number of hydrogen-bond donors (Lipinski definition) is 0. The number of benzene rings is 1. The maximum Gasteiger partial charge on any atom is -0.0162 e. The zero-order valence-corrected chi connectivity index (χ0v) is 8.13. The Balaban J connectivity index is 2.14. The van der Waals surface area contributed by atoms with Crippen LogP contribution in [0.15, 0.2) is 24.3 Å². The minimum absolute atomic E-state index is 0.815. The minimum Gasteiger partial charge on any atom is -0.0617 e. The van der Waals surface area contributed by atoms with Crippen LogP contribution in [0.1, 0.15) is 49.1 Å². The lowest BCUT2D eigenvalue weighted by Crippen LogP contribution is -2.04. The van der Waals surface area contributed by atoms with E-state index in [9.17, 15) is 0 Å². The first kappa shape index (κ1) is 8.80. The van der Waals surface area contributed by atoms with E-state index in [0.29, 0.717) is 0 Å². The largest absolute Gasteiger partial charge is 0.0617 e. The molecule has 69 valence electrons. The fourth-order valence-corrected chi connectivity index (χ4v) is 2.28. The third-order valence-electron chi connectivity index (χ3n) is 3.03. The monoisotopic (exact) mass is 173 g/mol. The number of hydrogen-bond acceptors (Lipinski definition) is 0.